The van der Waals surface area contributed by atoms with Crippen LogP contribution in [0.4, 0.5) is 0 Å². The monoisotopic (exact) mass is 225 g/mol. The molecule has 0 spiro atoms. The SMILES string of the molecule is O=C[C@H]1[C@@H](c2ccc(Cl)cc2)[C@@H]1[N+](=O)[O-]. The molecule has 0 heterocycles. The molecule has 0 aromatic heterocycles. The van der Waals surface area contributed by atoms with Crippen LogP contribution in [0, 0.1) is 16.0 Å². The predicted molar refractivity (Wildman–Crippen MR) is 54.5 cm³/mol. The molecule has 0 radical (unpaired) electrons. The molecule has 1 aliphatic rings. The quantitative estimate of drug-likeness (QED) is 0.448. The lowest BCUT2D eigenvalue weighted by Gasteiger charge is -1.96. The molecule has 2 rings (SSSR count). The van der Waals surface area contributed by atoms with Gasteiger partial charge < -0.3 is 4.79 Å². The van der Waals surface area contributed by atoms with Crippen molar-refractivity contribution in [2.75, 3.05) is 0 Å². The molecule has 0 unspecified atom stereocenters. The Hall–Kier alpha value is -1.42. The maximum atomic E-state index is 10.6. The van der Waals surface area contributed by atoms with Gasteiger partial charge in [0.15, 0.2) is 0 Å². The Labute approximate surface area is 91.0 Å². The molecular formula is C10H8ClNO3. The van der Waals surface area contributed by atoms with Crippen molar-refractivity contribution in [2.24, 2.45) is 5.92 Å². The molecule has 4 nitrogen and oxygen atoms in total. The lowest BCUT2D eigenvalue weighted by atomic mass is 10.1. The van der Waals surface area contributed by atoms with E-state index >= 15 is 0 Å². The van der Waals surface area contributed by atoms with Crippen molar-refractivity contribution >= 4 is 17.9 Å². The van der Waals surface area contributed by atoms with Gasteiger partial charge >= 0.3 is 0 Å². The summed E-state index contributed by atoms with van der Waals surface area (Å²) in [5, 5.41) is 11.2. The van der Waals surface area contributed by atoms with Gasteiger partial charge in [-0.1, -0.05) is 23.7 Å². The number of nitro groups is 1. The van der Waals surface area contributed by atoms with E-state index in [-0.39, 0.29) is 5.92 Å². The van der Waals surface area contributed by atoms with E-state index in [1.807, 2.05) is 0 Å². The molecule has 3 atom stereocenters. The molecule has 1 saturated carbocycles. The zero-order valence-corrected chi connectivity index (χ0v) is 8.42. The van der Waals surface area contributed by atoms with Gasteiger partial charge in [0.2, 0.25) is 6.04 Å². The van der Waals surface area contributed by atoms with Gasteiger partial charge in [0.1, 0.15) is 6.29 Å². The van der Waals surface area contributed by atoms with E-state index in [9.17, 15) is 14.9 Å². The molecule has 0 saturated heterocycles. The van der Waals surface area contributed by atoms with Gasteiger partial charge in [-0.3, -0.25) is 10.1 Å². The normalized spacial score (nSPS) is 28.5. The van der Waals surface area contributed by atoms with E-state index in [1.54, 1.807) is 24.3 Å². The van der Waals surface area contributed by atoms with Gasteiger partial charge in [0.25, 0.3) is 0 Å². The third-order valence-electron chi connectivity index (χ3n) is 2.69. The van der Waals surface area contributed by atoms with Crippen molar-refractivity contribution < 1.29 is 9.72 Å². The first-order valence-electron chi connectivity index (χ1n) is 4.49. The summed E-state index contributed by atoms with van der Waals surface area (Å²) < 4.78 is 0. The van der Waals surface area contributed by atoms with E-state index in [2.05, 4.69) is 0 Å². The second kappa shape index (κ2) is 3.62. The number of hydrogen-bond donors (Lipinski definition) is 0. The van der Waals surface area contributed by atoms with Gasteiger partial charge in [-0.2, -0.15) is 0 Å². The Balaban J connectivity index is 2.22. The van der Waals surface area contributed by atoms with E-state index < -0.39 is 16.9 Å². The summed E-state index contributed by atoms with van der Waals surface area (Å²) in [5.74, 6) is -0.768. The Morgan fingerprint density at radius 2 is 1.93 bits per heavy atom. The highest BCUT2D eigenvalue weighted by atomic mass is 35.5. The minimum absolute atomic E-state index is 0.283. The maximum Gasteiger partial charge on any atom is 0.231 e. The van der Waals surface area contributed by atoms with Crippen molar-refractivity contribution in [1.29, 1.82) is 0 Å². The maximum absolute atomic E-state index is 10.6. The number of hydrogen-bond acceptors (Lipinski definition) is 3. The Bertz CT molecular complexity index is 404. The lowest BCUT2D eigenvalue weighted by molar-refractivity contribution is -0.498. The minimum Gasteiger partial charge on any atom is -0.303 e. The van der Waals surface area contributed by atoms with Crippen LogP contribution in [0.1, 0.15) is 11.5 Å². The van der Waals surface area contributed by atoms with Crippen molar-refractivity contribution in [3.05, 3.63) is 45.0 Å². The third-order valence-corrected chi connectivity index (χ3v) is 2.94. The van der Waals surface area contributed by atoms with Gasteiger partial charge in [0.05, 0.1) is 11.8 Å². The van der Waals surface area contributed by atoms with Crippen LogP contribution in [0.3, 0.4) is 0 Å². The summed E-state index contributed by atoms with van der Waals surface area (Å²) in [4.78, 5) is 20.8. The minimum atomic E-state index is -0.760. The molecule has 1 fully saturated rings. The topological polar surface area (TPSA) is 60.2 Å². The first kappa shape index (κ1) is 10.1. The van der Waals surface area contributed by atoms with Crippen LogP contribution in [0.2, 0.25) is 5.02 Å². The molecule has 1 aromatic carbocycles. The standard InChI is InChI=1S/C10H8ClNO3/c11-7-3-1-6(2-4-7)9-8(5-13)10(9)12(14)15/h1-5,8-10H/t8-,9+,10+/m0/s1. The van der Waals surface area contributed by atoms with E-state index in [1.165, 1.54) is 0 Å². The van der Waals surface area contributed by atoms with E-state index in [0.717, 1.165) is 5.56 Å². The van der Waals surface area contributed by atoms with Gasteiger partial charge in [0, 0.05) is 9.95 Å². The Kier molecular flexibility index (Phi) is 2.44. The predicted octanol–water partition coefficient (Wildman–Crippen LogP) is 1.90. The van der Waals surface area contributed by atoms with Crippen LogP contribution in [0.15, 0.2) is 24.3 Å². The van der Waals surface area contributed by atoms with Crippen LogP contribution in [0.25, 0.3) is 0 Å². The Morgan fingerprint density at radius 1 is 1.33 bits per heavy atom. The highest BCUT2D eigenvalue weighted by molar-refractivity contribution is 6.30. The third kappa shape index (κ3) is 1.72. The molecule has 1 aliphatic carbocycles. The highest BCUT2D eigenvalue weighted by Crippen LogP contribution is 2.48. The fourth-order valence-corrected chi connectivity index (χ4v) is 1.98. The molecule has 78 valence electrons. The van der Waals surface area contributed by atoms with Crippen molar-refractivity contribution in [2.45, 2.75) is 12.0 Å². The number of benzene rings is 1. The van der Waals surface area contributed by atoms with Gasteiger partial charge in [-0.25, -0.2) is 0 Å². The first-order valence-corrected chi connectivity index (χ1v) is 4.87. The van der Waals surface area contributed by atoms with Crippen LogP contribution in [0.5, 0.6) is 0 Å². The summed E-state index contributed by atoms with van der Waals surface area (Å²) in [5.41, 5.74) is 0.804. The second-order valence-electron chi connectivity index (χ2n) is 3.57. The summed E-state index contributed by atoms with van der Waals surface area (Å²) in [7, 11) is 0. The van der Waals surface area contributed by atoms with E-state index in [4.69, 9.17) is 11.6 Å². The summed E-state index contributed by atoms with van der Waals surface area (Å²) in [6.07, 6.45) is 0.659. The second-order valence-corrected chi connectivity index (χ2v) is 4.00. The van der Waals surface area contributed by atoms with Gasteiger partial charge in [-0.05, 0) is 17.7 Å². The Morgan fingerprint density at radius 3 is 2.33 bits per heavy atom. The van der Waals surface area contributed by atoms with Crippen molar-refractivity contribution in [1.82, 2.24) is 0 Å². The fourth-order valence-electron chi connectivity index (χ4n) is 1.86. The number of carbonyl (C=O) groups is 1. The molecule has 0 bridgehead atoms. The van der Waals surface area contributed by atoms with E-state index in [0.29, 0.717) is 11.3 Å². The molecule has 0 N–H and O–H groups in total. The summed E-state index contributed by atoms with van der Waals surface area (Å²) in [6, 6.07) is 6.05. The summed E-state index contributed by atoms with van der Waals surface area (Å²) in [6.45, 7) is 0. The molecule has 0 aliphatic heterocycles. The molecule has 15 heavy (non-hydrogen) atoms. The number of nitrogens with zero attached hydrogens (tertiary/aromatic N) is 1. The molecule has 0 amide bonds. The molecule has 5 heteroatoms. The first-order chi connectivity index (χ1) is 7.15. The van der Waals surface area contributed by atoms with Crippen LogP contribution < -0.4 is 0 Å². The fraction of sp³-hybridized carbons (Fsp3) is 0.300. The lowest BCUT2D eigenvalue weighted by Crippen LogP contribution is -2.05. The number of rotatable bonds is 3. The average Bonchev–Trinajstić information content (AvgIpc) is 2.93. The zero-order valence-electron chi connectivity index (χ0n) is 7.67. The smallest absolute Gasteiger partial charge is 0.231 e. The number of carbonyl (C=O) groups excluding carboxylic acids is 1. The zero-order chi connectivity index (χ0) is 11.0. The van der Waals surface area contributed by atoms with Crippen molar-refractivity contribution in [3.63, 3.8) is 0 Å². The largest absolute Gasteiger partial charge is 0.303 e. The average molecular weight is 226 g/mol. The van der Waals surface area contributed by atoms with Crippen LogP contribution >= 0.6 is 11.6 Å². The van der Waals surface area contributed by atoms with Crippen molar-refractivity contribution in [3.8, 4) is 0 Å². The molecular weight excluding hydrogens is 218 g/mol. The number of halogens is 1. The van der Waals surface area contributed by atoms with Crippen LogP contribution in [-0.4, -0.2) is 17.3 Å². The number of aldehydes is 1. The van der Waals surface area contributed by atoms with Gasteiger partial charge in [-0.15, -0.1) is 0 Å². The van der Waals surface area contributed by atoms with Crippen LogP contribution in [-0.2, 0) is 4.79 Å². The highest BCUT2D eigenvalue weighted by Gasteiger charge is 2.61. The molecule has 1 aromatic rings. The summed E-state index contributed by atoms with van der Waals surface area (Å²) >= 11 is 5.70.